The van der Waals surface area contributed by atoms with E-state index < -0.39 is 11.6 Å². The van der Waals surface area contributed by atoms with Crippen LogP contribution in [0.1, 0.15) is 60.3 Å². The fraction of sp³-hybridized carbons (Fsp3) is 0.889. The average molecular weight is 337 g/mol. The first kappa shape index (κ1) is 18.9. The Hall–Kier alpha value is -1.39. The Bertz CT molecular complexity index is 540. The molecular weight excluding hydrogens is 306 g/mol. The molecule has 0 aromatic rings. The Balaban J connectivity index is 2.01. The summed E-state index contributed by atoms with van der Waals surface area (Å²) in [5, 5.41) is 13.1. The topological polar surface area (TPSA) is 82.0 Å². The molecule has 1 saturated carbocycles. The van der Waals surface area contributed by atoms with E-state index in [0.717, 1.165) is 19.3 Å². The molecule has 0 aromatic carbocycles. The van der Waals surface area contributed by atoms with Gasteiger partial charge in [-0.15, -0.1) is 0 Å². The fourth-order valence-corrected chi connectivity index (χ4v) is 4.70. The zero-order valence-corrected chi connectivity index (χ0v) is 15.6. The van der Waals surface area contributed by atoms with Gasteiger partial charge in [-0.2, -0.15) is 0 Å². The van der Waals surface area contributed by atoms with Crippen molar-refractivity contribution in [2.45, 2.75) is 78.0 Å². The molecule has 1 saturated heterocycles. The molecular formula is C18H31N3O3. The van der Waals surface area contributed by atoms with Gasteiger partial charge in [-0.25, -0.2) is 14.6 Å². The highest BCUT2D eigenvalue weighted by molar-refractivity contribution is 5.75. The Morgan fingerprint density at radius 2 is 1.96 bits per heavy atom. The zero-order chi connectivity index (χ0) is 18.2. The lowest BCUT2D eigenvalue weighted by atomic mass is 9.63. The average Bonchev–Trinajstić information content (AvgIpc) is 2.69. The quantitative estimate of drug-likeness (QED) is 0.613. The van der Waals surface area contributed by atoms with Crippen molar-refractivity contribution in [2.24, 2.45) is 15.8 Å². The third kappa shape index (κ3) is 3.98. The Morgan fingerprint density at radius 3 is 2.50 bits per heavy atom. The second-order valence-corrected chi connectivity index (χ2v) is 9.20. The maximum atomic E-state index is 12.6. The van der Waals surface area contributed by atoms with Crippen LogP contribution in [-0.4, -0.2) is 52.9 Å². The van der Waals surface area contributed by atoms with Crippen LogP contribution in [-0.2, 0) is 4.79 Å². The number of likely N-dealkylation sites (tertiary alicyclic amines) is 1. The smallest absolute Gasteiger partial charge is 0.317 e. The monoisotopic (exact) mass is 337 g/mol. The second kappa shape index (κ2) is 6.49. The van der Waals surface area contributed by atoms with Crippen LogP contribution in [0.15, 0.2) is 4.99 Å². The number of nitrogens with one attached hydrogen (secondary N) is 1. The first-order chi connectivity index (χ1) is 11.0. The highest BCUT2D eigenvalue weighted by Crippen LogP contribution is 2.46. The lowest BCUT2D eigenvalue weighted by molar-refractivity contribution is 0.0626. The van der Waals surface area contributed by atoms with Gasteiger partial charge >= 0.3 is 6.03 Å². The summed E-state index contributed by atoms with van der Waals surface area (Å²) >= 11 is 0. The molecule has 2 rings (SSSR count). The van der Waals surface area contributed by atoms with Gasteiger partial charge in [0, 0.05) is 13.1 Å². The summed E-state index contributed by atoms with van der Waals surface area (Å²) in [6.07, 6.45) is 4.43. The highest BCUT2D eigenvalue weighted by Gasteiger charge is 2.45. The van der Waals surface area contributed by atoms with Gasteiger partial charge in [-0.3, -0.25) is 0 Å². The van der Waals surface area contributed by atoms with Crippen LogP contribution in [0.5, 0.6) is 0 Å². The molecule has 6 heteroatoms. The molecule has 6 nitrogen and oxygen atoms in total. The molecule has 136 valence electrons. The van der Waals surface area contributed by atoms with Crippen molar-refractivity contribution in [3.63, 3.8) is 0 Å². The molecule has 3 atom stereocenters. The number of urea groups is 1. The van der Waals surface area contributed by atoms with E-state index in [4.69, 9.17) is 0 Å². The summed E-state index contributed by atoms with van der Waals surface area (Å²) in [5.41, 5.74) is -0.571. The van der Waals surface area contributed by atoms with E-state index in [2.05, 4.69) is 31.1 Å². The third-order valence-electron chi connectivity index (χ3n) is 5.71. The molecule has 3 unspecified atom stereocenters. The Kier molecular flexibility index (Phi) is 5.12. The fourth-order valence-electron chi connectivity index (χ4n) is 4.70. The standard InChI is InChI=1S/C18H31N3O3/c1-16(2)8-13(20-12-22)9-18(5,10-16)11-19-15(24)21-7-6-14(23)17(21,3)4/h13-14,23H,6-11H2,1-5H3,(H,19,24). The summed E-state index contributed by atoms with van der Waals surface area (Å²) in [6, 6.07) is -0.158. The summed E-state index contributed by atoms with van der Waals surface area (Å²) in [6.45, 7) is 11.4. The molecule has 2 N–H and O–H groups in total. The largest absolute Gasteiger partial charge is 0.391 e. The minimum atomic E-state index is -0.541. The van der Waals surface area contributed by atoms with E-state index in [0.29, 0.717) is 19.5 Å². The van der Waals surface area contributed by atoms with Gasteiger partial charge in [0.2, 0.25) is 6.08 Å². The number of aliphatic hydroxyl groups excluding tert-OH is 1. The molecule has 0 radical (unpaired) electrons. The first-order valence-electron chi connectivity index (χ1n) is 8.80. The second-order valence-electron chi connectivity index (χ2n) is 9.20. The number of rotatable bonds is 3. The van der Waals surface area contributed by atoms with Crippen LogP contribution in [0.2, 0.25) is 0 Å². The van der Waals surface area contributed by atoms with E-state index >= 15 is 0 Å². The Morgan fingerprint density at radius 1 is 1.29 bits per heavy atom. The van der Waals surface area contributed by atoms with Gasteiger partial charge in [0.05, 0.1) is 17.7 Å². The van der Waals surface area contributed by atoms with Crippen molar-refractivity contribution < 1.29 is 14.7 Å². The number of aliphatic hydroxyl groups is 1. The first-order valence-corrected chi connectivity index (χ1v) is 8.80. The minimum Gasteiger partial charge on any atom is -0.391 e. The maximum Gasteiger partial charge on any atom is 0.317 e. The number of amides is 2. The van der Waals surface area contributed by atoms with E-state index in [1.165, 1.54) is 0 Å². The van der Waals surface area contributed by atoms with Gasteiger partial charge in [0.25, 0.3) is 0 Å². The molecule has 2 amide bonds. The van der Waals surface area contributed by atoms with Crippen LogP contribution < -0.4 is 5.32 Å². The number of isocyanates is 1. The molecule has 1 aliphatic carbocycles. The van der Waals surface area contributed by atoms with Gasteiger partial charge in [0.1, 0.15) is 0 Å². The SMILES string of the molecule is CC1(C)CC(N=C=O)CC(C)(CNC(=O)N2CCC(O)C2(C)C)C1. The molecule has 2 aliphatic rings. The minimum absolute atomic E-state index is 0.0294. The van der Waals surface area contributed by atoms with Crippen LogP contribution in [0.3, 0.4) is 0 Å². The lowest BCUT2D eigenvalue weighted by Crippen LogP contribution is -2.54. The van der Waals surface area contributed by atoms with Crippen molar-refractivity contribution in [3.8, 4) is 0 Å². The van der Waals surface area contributed by atoms with Crippen molar-refractivity contribution >= 4 is 12.1 Å². The number of aliphatic imine (C=N–C) groups is 1. The zero-order valence-electron chi connectivity index (χ0n) is 15.6. The van der Waals surface area contributed by atoms with Crippen molar-refractivity contribution in [1.82, 2.24) is 10.2 Å². The van der Waals surface area contributed by atoms with Gasteiger partial charge < -0.3 is 15.3 Å². The number of carbonyl (C=O) groups excluding carboxylic acids is 2. The third-order valence-corrected chi connectivity index (χ3v) is 5.71. The lowest BCUT2D eigenvalue weighted by Gasteiger charge is -2.45. The van der Waals surface area contributed by atoms with E-state index in [-0.39, 0.29) is 22.9 Å². The van der Waals surface area contributed by atoms with Crippen LogP contribution in [0.4, 0.5) is 4.79 Å². The molecule has 1 aliphatic heterocycles. The number of nitrogens with zero attached hydrogens (tertiary/aromatic N) is 2. The Labute approximate surface area is 144 Å². The van der Waals surface area contributed by atoms with E-state index in [1.54, 1.807) is 11.0 Å². The predicted octanol–water partition coefficient (Wildman–Crippen LogP) is 2.46. The van der Waals surface area contributed by atoms with Crippen molar-refractivity contribution in [2.75, 3.05) is 13.1 Å². The van der Waals surface area contributed by atoms with Gasteiger partial charge in [-0.1, -0.05) is 20.8 Å². The predicted molar refractivity (Wildman–Crippen MR) is 92.5 cm³/mol. The molecule has 0 aromatic heterocycles. The maximum absolute atomic E-state index is 12.6. The normalized spacial score (nSPS) is 34.5. The summed E-state index contributed by atoms with van der Waals surface area (Å²) < 4.78 is 0. The number of carbonyl (C=O) groups is 1. The van der Waals surface area contributed by atoms with Crippen LogP contribution in [0.25, 0.3) is 0 Å². The van der Waals surface area contributed by atoms with Crippen molar-refractivity contribution in [3.05, 3.63) is 0 Å². The summed E-state index contributed by atoms with van der Waals surface area (Å²) in [4.78, 5) is 28.9. The van der Waals surface area contributed by atoms with Gasteiger partial charge in [0.15, 0.2) is 0 Å². The molecule has 1 heterocycles. The highest BCUT2D eigenvalue weighted by atomic mass is 16.3. The van der Waals surface area contributed by atoms with E-state index in [9.17, 15) is 14.7 Å². The van der Waals surface area contributed by atoms with Crippen LogP contribution >= 0.6 is 0 Å². The number of hydrogen-bond donors (Lipinski definition) is 2. The molecule has 2 fully saturated rings. The molecule has 0 bridgehead atoms. The number of hydrogen-bond acceptors (Lipinski definition) is 4. The molecule has 24 heavy (non-hydrogen) atoms. The molecule has 0 spiro atoms. The summed E-state index contributed by atoms with van der Waals surface area (Å²) in [7, 11) is 0. The van der Waals surface area contributed by atoms with Crippen LogP contribution in [0, 0.1) is 10.8 Å². The summed E-state index contributed by atoms with van der Waals surface area (Å²) in [5.74, 6) is 0. The van der Waals surface area contributed by atoms with Crippen molar-refractivity contribution in [1.29, 1.82) is 0 Å². The van der Waals surface area contributed by atoms with E-state index in [1.807, 2.05) is 13.8 Å². The van der Waals surface area contributed by atoms with Gasteiger partial charge in [-0.05, 0) is 50.4 Å².